The second-order valence-corrected chi connectivity index (χ2v) is 2.79. The van der Waals surface area contributed by atoms with Crippen LogP contribution >= 0.6 is 0 Å². The summed E-state index contributed by atoms with van der Waals surface area (Å²) < 4.78 is 0. The molecule has 0 radical (unpaired) electrons. The molecule has 2 N–H and O–H groups in total. The lowest BCUT2D eigenvalue weighted by Crippen LogP contribution is -1.95. The van der Waals surface area contributed by atoms with Gasteiger partial charge in [-0.3, -0.25) is 5.10 Å². The smallest absolute Gasteiger partial charge is 0.356 e. The zero-order valence-electron chi connectivity index (χ0n) is 5.87. The summed E-state index contributed by atoms with van der Waals surface area (Å²) in [5, 5.41) is 14.9. The highest BCUT2D eigenvalue weighted by Crippen LogP contribution is 2.38. The first-order chi connectivity index (χ1) is 5.27. The van der Waals surface area contributed by atoms with Gasteiger partial charge in [0, 0.05) is 11.6 Å². The highest BCUT2D eigenvalue weighted by molar-refractivity contribution is 5.85. The van der Waals surface area contributed by atoms with E-state index < -0.39 is 5.97 Å². The van der Waals surface area contributed by atoms with Crippen molar-refractivity contribution < 1.29 is 9.90 Å². The number of carbonyl (C=O) groups is 1. The van der Waals surface area contributed by atoms with E-state index in [1.54, 1.807) is 6.07 Å². The van der Waals surface area contributed by atoms with Crippen molar-refractivity contribution >= 4 is 5.97 Å². The fourth-order valence-corrected chi connectivity index (χ4v) is 1.05. The van der Waals surface area contributed by atoms with Gasteiger partial charge in [0.05, 0.1) is 0 Å². The SMILES string of the molecule is O=C(O)c1cc(C2CC2)[nH]n1. The molecule has 1 aliphatic rings. The van der Waals surface area contributed by atoms with Crippen molar-refractivity contribution in [2.75, 3.05) is 0 Å². The zero-order chi connectivity index (χ0) is 7.84. The van der Waals surface area contributed by atoms with Crippen molar-refractivity contribution in [3.8, 4) is 0 Å². The number of aromatic nitrogens is 2. The monoisotopic (exact) mass is 152 g/mol. The van der Waals surface area contributed by atoms with Gasteiger partial charge in [0.15, 0.2) is 5.69 Å². The lowest BCUT2D eigenvalue weighted by Gasteiger charge is -1.83. The summed E-state index contributed by atoms with van der Waals surface area (Å²) in [6.07, 6.45) is 2.31. The van der Waals surface area contributed by atoms with Crippen molar-refractivity contribution in [2.45, 2.75) is 18.8 Å². The molecule has 1 aliphatic carbocycles. The third kappa shape index (κ3) is 1.11. The predicted octanol–water partition coefficient (Wildman–Crippen LogP) is 0.985. The quantitative estimate of drug-likeness (QED) is 0.664. The van der Waals surface area contributed by atoms with Gasteiger partial charge >= 0.3 is 5.97 Å². The molecule has 58 valence electrons. The van der Waals surface area contributed by atoms with Crippen LogP contribution in [0.5, 0.6) is 0 Å². The molecule has 11 heavy (non-hydrogen) atoms. The Morgan fingerprint density at radius 3 is 2.91 bits per heavy atom. The maximum absolute atomic E-state index is 10.4. The number of H-pyrrole nitrogens is 1. The van der Waals surface area contributed by atoms with Crippen LogP contribution in [0.25, 0.3) is 0 Å². The summed E-state index contributed by atoms with van der Waals surface area (Å²) in [6, 6.07) is 1.61. The molecule has 0 unspecified atom stereocenters. The number of aromatic amines is 1. The first-order valence-electron chi connectivity index (χ1n) is 3.56. The van der Waals surface area contributed by atoms with Crippen LogP contribution in [0.1, 0.15) is 34.9 Å². The molecule has 1 saturated carbocycles. The molecule has 0 aromatic carbocycles. The fourth-order valence-electron chi connectivity index (χ4n) is 1.05. The molecule has 0 spiro atoms. The molecular weight excluding hydrogens is 144 g/mol. The van der Waals surface area contributed by atoms with Crippen molar-refractivity contribution in [2.24, 2.45) is 0 Å². The third-order valence-electron chi connectivity index (χ3n) is 1.83. The number of nitrogens with zero attached hydrogens (tertiary/aromatic N) is 1. The van der Waals surface area contributed by atoms with Gasteiger partial charge in [-0.05, 0) is 18.9 Å². The fraction of sp³-hybridized carbons (Fsp3) is 0.429. The first kappa shape index (κ1) is 6.39. The van der Waals surface area contributed by atoms with Gasteiger partial charge in [-0.15, -0.1) is 0 Å². The lowest BCUT2D eigenvalue weighted by atomic mass is 10.3. The molecule has 4 nitrogen and oxygen atoms in total. The number of hydrogen-bond donors (Lipinski definition) is 2. The van der Waals surface area contributed by atoms with E-state index in [4.69, 9.17) is 5.11 Å². The van der Waals surface area contributed by atoms with E-state index in [1.165, 1.54) is 0 Å². The summed E-state index contributed by atoms with van der Waals surface area (Å²) in [5.74, 6) is -0.427. The Kier molecular flexibility index (Phi) is 1.21. The number of aromatic carboxylic acids is 1. The minimum absolute atomic E-state index is 0.118. The standard InChI is InChI=1S/C7H8N2O2/c10-7(11)6-3-5(8-9-6)4-1-2-4/h3-4H,1-2H2,(H,8,9)(H,10,11). The van der Waals surface area contributed by atoms with Crippen LogP contribution < -0.4 is 0 Å². The number of rotatable bonds is 2. The van der Waals surface area contributed by atoms with Crippen LogP contribution in [0.3, 0.4) is 0 Å². The molecular formula is C7H8N2O2. The summed E-state index contributed by atoms with van der Waals surface area (Å²) >= 11 is 0. The topological polar surface area (TPSA) is 66.0 Å². The van der Waals surface area contributed by atoms with E-state index in [0.717, 1.165) is 18.5 Å². The van der Waals surface area contributed by atoms with Crippen molar-refractivity contribution in [1.82, 2.24) is 10.2 Å². The maximum Gasteiger partial charge on any atom is 0.356 e. The predicted molar refractivity (Wildman–Crippen MR) is 37.5 cm³/mol. The number of carboxylic acid groups (broad SMARTS) is 1. The molecule has 0 aliphatic heterocycles. The van der Waals surface area contributed by atoms with E-state index in [1.807, 2.05) is 0 Å². The Morgan fingerprint density at radius 2 is 2.45 bits per heavy atom. The highest BCUT2D eigenvalue weighted by atomic mass is 16.4. The van der Waals surface area contributed by atoms with E-state index in [-0.39, 0.29) is 5.69 Å². The Bertz CT molecular complexity index is 288. The van der Waals surface area contributed by atoms with Gasteiger partial charge in [-0.2, -0.15) is 5.10 Å². The number of carboxylic acids is 1. The maximum atomic E-state index is 10.4. The molecule has 0 saturated heterocycles. The van der Waals surface area contributed by atoms with E-state index in [9.17, 15) is 4.79 Å². The number of hydrogen-bond acceptors (Lipinski definition) is 2. The molecule has 0 bridgehead atoms. The summed E-state index contributed by atoms with van der Waals surface area (Å²) in [7, 11) is 0. The molecule has 1 fully saturated rings. The van der Waals surface area contributed by atoms with Crippen molar-refractivity contribution in [3.63, 3.8) is 0 Å². The van der Waals surface area contributed by atoms with Crippen molar-refractivity contribution in [3.05, 3.63) is 17.5 Å². The second-order valence-electron chi connectivity index (χ2n) is 2.79. The van der Waals surface area contributed by atoms with E-state index in [2.05, 4.69) is 10.2 Å². The van der Waals surface area contributed by atoms with Crippen LogP contribution in [-0.2, 0) is 0 Å². The Hall–Kier alpha value is -1.32. The molecule has 2 rings (SSSR count). The van der Waals surface area contributed by atoms with Crippen LogP contribution in [0, 0.1) is 0 Å². The number of nitrogens with one attached hydrogen (secondary N) is 1. The Labute approximate surface area is 63.2 Å². The Morgan fingerprint density at radius 1 is 1.73 bits per heavy atom. The molecule has 1 aromatic heterocycles. The minimum Gasteiger partial charge on any atom is -0.476 e. The summed E-state index contributed by atoms with van der Waals surface area (Å²) in [6.45, 7) is 0. The first-order valence-corrected chi connectivity index (χ1v) is 3.56. The third-order valence-corrected chi connectivity index (χ3v) is 1.83. The highest BCUT2D eigenvalue weighted by Gasteiger charge is 2.26. The van der Waals surface area contributed by atoms with Gasteiger partial charge in [-0.1, -0.05) is 0 Å². The molecule has 0 amide bonds. The van der Waals surface area contributed by atoms with Gasteiger partial charge in [0.2, 0.25) is 0 Å². The normalized spacial score (nSPS) is 16.7. The second kappa shape index (κ2) is 2.08. The largest absolute Gasteiger partial charge is 0.476 e. The van der Waals surface area contributed by atoms with Crippen LogP contribution in [-0.4, -0.2) is 21.3 Å². The minimum atomic E-state index is -0.965. The van der Waals surface area contributed by atoms with E-state index >= 15 is 0 Å². The van der Waals surface area contributed by atoms with Gasteiger partial charge in [-0.25, -0.2) is 4.79 Å². The molecule has 0 atom stereocenters. The van der Waals surface area contributed by atoms with E-state index in [0.29, 0.717) is 5.92 Å². The molecule has 1 aromatic rings. The average molecular weight is 152 g/mol. The Balaban J connectivity index is 2.25. The van der Waals surface area contributed by atoms with Crippen LogP contribution in [0.2, 0.25) is 0 Å². The molecule has 1 heterocycles. The zero-order valence-corrected chi connectivity index (χ0v) is 5.87. The van der Waals surface area contributed by atoms with Crippen LogP contribution in [0.15, 0.2) is 6.07 Å². The summed E-state index contributed by atoms with van der Waals surface area (Å²) in [5.41, 5.74) is 1.08. The lowest BCUT2D eigenvalue weighted by molar-refractivity contribution is 0.0690. The van der Waals surface area contributed by atoms with Crippen molar-refractivity contribution in [1.29, 1.82) is 0 Å². The average Bonchev–Trinajstić information content (AvgIpc) is 2.68. The molecule has 4 heteroatoms. The van der Waals surface area contributed by atoms with Gasteiger partial charge in [0.25, 0.3) is 0 Å². The van der Waals surface area contributed by atoms with Gasteiger partial charge in [0.1, 0.15) is 0 Å². The summed E-state index contributed by atoms with van der Waals surface area (Å²) in [4.78, 5) is 10.4. The van der Waals surface area contributed by atoms with Crippen LogP contribution in [0.4, 0.5) is 0 Å². The van der Waals surface area contributed by atoms with Gasteiger partial charge < -0.3 is 5.11 Å².